The molecule has 1 saturated heterocycles. The third-order valence-corrected chi connectivity index (χ3v) is 9.43. The number of carbonyl (C=O) groups is 1. The number of rotatable bonds is 5. The number of fused-ring (bicyclic) bond motifs is 1. The zero-order valence-electron chi connectivity index (χ0n) is 23.4. The van der Waals surface area contributed by atoms with Gasteiger partial charge in [-0.1, -0.05) is 0 Å². The summed E-state index contributed by atoms with van der Waals surface area (Å²) in [4.78, 5) is 19.5. The lowest BCUT2D eigenvalue weighted by Crippen LogP contribution is -2.40. The van der Waals surface area contributed by atoms with E-state index >= 15 is 0 Å². The van der Waals surface area contributed by atoms with Crippen molar-refractivity contribution in [3.63, 3.8) is 0 Å². The van der Waals surface area contributed by atoms with Gasteiger partial charge in [0, 0.05) is 24.4 Å². The molecule has 2 aliphatic heterocycles. The number of piperidine rings is 1. The maximum atomic E-state index is 13.3. The van der Waals surface area contributed by atoms with Crippen LogP contribution in [0.4, 0.5) is 8.78 Å². The van der Waals surface area contributed by atoms with Gasteiger partial charge in [0.2, 0.25) is 12.2 Å². The molecule has 7 nitrogen and oxygen atoms in total. The molecule has 1 aromatic carbocycles. The highest BCUT2D eigenvalue weighted by Crippen LogP contribution is 2.40. The number of likely N-dealkylation sites (tertiary alicyclic amines) is 1. The number of benzene rings is 1. The summed E-state index contributed by atoms with van der Waals surface area (Å²) in [5.41, 5.74) is 8.60. The Balaban J connectivity index is 1.22. The molecule has 2 aromatic heterocycles. The van der Waals surface area contributed by atoms with Crippen LogP contribution < -0.4 is 0 Å². The number of hydrogen-bond acceptors (Lipinski definition) is 6. The SMILES string of the molecule is Cc1cc(C(F)F)n(CC(=O)N2CCC(c3nc(C4OCc5c(C)c(C)c(C)c(C)c5C(C)O4)cs3)CC2)n1. The normalized spacial score (nSPS) is 20.4. The fourth-order valence-corrected chi connectivity index (χ4v) is 6.82. The molecule has 2 atom stereocenters. The average molecular weight is 559 g/mol. The monoisotopic (exact) mass is 558 g/mol. The zero-order valence-corrected chi connectivity index (χ0v) is 24.2. The standard InChI is InChI=1S/C29H36F2N4O3S/c1-15-11-24(27(30)31)35(33-15)12-25(36)34-9-7-21(8-10-34)28-32-23(14-39-28)29-37-13-22-18(4)16(2)17(3)19(5)26(22)20(6)38-29/h11,14,20-21,27,29H,7-10,12-13H2,1-6H3. The molecular weight excluding hydrogens is 522 g/mol. The number of aryl methyl sites for hydroxylation is 1. The molecular formula is C29H36F2N4O3S. The van der Waals surface area contributed by atoms with Gasteiger partial charge in [-0.15, -0.1) is 11.3 Å². The minimum absolute atomic E-state index is 0.117. The van der Waals surface area contributed by atoms with Gasteiger partial charge in [-0.25, -0.2) is 13.8 Å². The second kappa shape index (κ2) is 11.1. The molecule has 1 amide bonds. The summed E-state index contributed by atoms with van der Waals surface area (Å²) < 4.78 is 40.3. The van der Waals surface area contributed by atoms with Crippen LogP contribution in [-0.4, -0.2) is 38.7 Å². The molecule has 3 aromatic rings. The van der Waals surface area contributed by atoms with Crippen molar-refractivity contribution in [2.45, 2.75) is 92.3 Å². The minimum atomic E-state index is -2.66. The summed E-state index contributed by atoms with van der Waals surface area (Å²) in [6.45, 7) is 13.8. The number of aromatic nitrogens is 3. The second-order valence-corrected chi connectivity index (χ2v) is 11.6. The number of hydrogen-bond donors (Lipinski definition) is 0. The van der Waals surface area contributed by atoms with E-state index in [0.717, 1.165) is 28.2 Å². The molecule has 4 heterocycles. The first-order valence-corrected chi connectivity index (χ1v) is 14.3. The van der Waals surface area contributed by atoms with E-state index in [9.17, 15) is 13.6 Å². The highest BCUT2D eigenvalue weighted by atomic mass is 32.1. The Morgan fingerprint density at radius 3 is 2.49 bits per heavy atom. The van der Waals surface area contributed by atoms with E-state index in [1.54, 1.807) is 23.2 Å². The molecule has 5 rings (SSSR count). The topological polar surface area (TPSA) is 69.5 Å². The first-order valence-electron chi connectivity index (χ1n) is 13.5. The number of amides is 1. The molecule has 0 spiro atoms. The maximum Gasteiger partial charge on any atom is 0.280 e. The Kier molecular flexibility index (Phi) is 7.90. The third kappa shape index (κ3) is 5.38. The van der Waals surface area contributed by atoms with Crippen molar-refractivity contribution in [3.05, 3.63) is 66.9 Å². The van der Waals surface area contributed by atoms with Gasteiger partial charge >= 0.3 is 0 Å². The summed E-state index contributed by atoms with van der Waals surface area (Å²) in [6, 6.07) is 1.33. The number of ether oxygens (including phenoxy) is 2. The molecule has 39 heavy (non-hydrogen) atoms. The molecule has 2 aliphatic rings. The molecule has 0 radical (unpaired) electrons. The van der Waals surface area contributed by atoms with Crippen LogP contribution in [-0.2, 0) is 27.4 Å². The van der Waals surface area contributed by atoms with Gasteiger partial charge in [0.15, 0.2) is 0 Å². The molecule has 0 N–H and O–H groups in total. The quantitative estimate of drug-likeness (QED) is 0.356. The van der Waals surface area contributed by atoms with Crippen LogP contribution in [0.2, 0.25) is 0 Å². The van der Waals surface area contributed by atoms with E-state index < -0.39 is 12.7 Å². The van der Waals surface area contributed by atoms with Crippen LogP contribution in [0.15, 0.2) is 11.4 Å². The molecule has 0 saturated carbocycles. The van der Waals surface area contributed by atoms with Crippen LogP contribution in [0.25, 0.3) is 0 Å². The Hall–Kier alpha value is -2.69. The van der Waals surface area contributed by atoms with Gasteiger partial charge < -0.3 is 14.4 Å². The first-order chi connectivity index (χ1) is 18.5. The third-order valence-electron chi connectivity index (χ3n) is 8.40. The van der Waals surface area contributed by atoms with E-state index in [2.05, 4.69) is 39.7 Å². The van der Waals surface area contributed by atoms with Crippen molar-refractivity contribution in [1.82, 2.24) is 19.7 Å². The van der Waals surface area contributed by atoms with Gasteiger partial charge in [0.05, 0.1) is 23.4 Å². The summed E-state index contributed by atoms with van der Waals surface area (Å²) >= 11 is 1.60. The Labute approximate surface area is 232 Å². The fraction of sp³-hybridized carbons (Fsp3) is 0.552. The van der Waals surface area contributed by atoms with Crippen LogP contribution in [0.3, 0.4) is 0 Å². The molecule has 10 heteroatoms. The predicted molar refractivity (Wildman–Crippen MR) is 145 cm³/mol. The molecule has 1 fully saturated rings. The van der Waals surface area contributed by atoms with Crippen molar-refractivity contribution in [2.24, 2.45) is 0 Å². The molecule has 2 unspecified atom stereocenters. The first kappa shape index (κ1) is 27.9. The summed E-state index contributed by atoms with van der Waals surface area (Å²) in [6.07, 6.45) is -1.79. The van der Waals surface area contributed by atoms with Gasteiger partial charge in [-0.2, -0.15) is 5.10 Å². The number of halogens is 2. The Morgan fingerprint density at radius 2 is 1.79 bits per heavy atom. The number of alkyl halides is 2. The van der Waals surface area contributed by atoms with Gasteiger partial charge in [0.25, 0.3) is 6.43 Å². The van der Waals surface area contributed by atoms with Gasteiger partial charge in [0.1, 0.15) is 17.9 Å². The average Bonchev–Trinajstić information content (AvgIpc) is 3.50. The molecule has 210 valence electrons. The minimum Gasteiger partial charge on any atom is -0.342 e. The van der Waals surface area contributed by atoms with Crippen LogP contribution >= 0.6 is 11.3 Å². The number of thiazole rings is 1. The zero-order chi connectivity index (χ0) is 28.0. The van der Waals surface area contributed by atoms with E-state index in [-0.39, 0.29) is 30.2 Å². The van der Waals surface area contributed by atoms with Crippen molar-refractivity contribution in [1.29, 1.82) is 0 Å². The molecule has 0 bridgehead atoms. The lowest BCUT2D eigenvalue weighted by atomic mass is 9.87. The van der Waals surface area contributed by atoms with E-state index in [0.29, 0.717) is 25.4 Å². The Morgan fingerprint density at radius 1 is 1.10 bits per heavy atom. The van der Waals surface area contributed by atoms with Gasteiger partial charge in [-0.3, -0.25) is 9.48 Å². The van der Waals surface area contributed by atoms with Crippen molar-refractivity contribution >= 4 is 17.2 Å². The van der Waals surface area contributed by atoms with Crippen molar-refractivity contribution in [3.8, 4) is 0 Å². The molecule has 0 aliphatic carbocycles. The summed E-state index contributed by atoms with van der Waals surface area (Å²) in [5.74, 6) is 0.0368. The lowest BCUT2D eigenvalue weighted by molar-refractivity contribution is -0.173. The second-order valence-electron chi connectivity index (χ2n) is 10.7. The highest BCUT2D eigenvalue weighted by Gasteiger charge is 2.31. The highest BCUT2D eigenvalue weighted by molar-refractivity contribution is 7.09. The number of nitrogens with zero attached hydrogens (tertiary/aromatic N) is 4. The van der Waals surface area contributed by atoms with Crippen molar-refractivity contribution < 1.29 is 23.0 Å². The fourth-order valence-electron chi connectivity index (χ4n) is 5.83. The lowest BCUT2D eigenvalue weighted by Gasteiger charge is -2.31. The maximum absolute atomic E-state index is 13.3. The largest absolute Gasteiger partial charge is 0.342 e. The van der Waals surface area contributed by atoms with E-state index in [1.807, 2.05) is 5.38 Å². The number of carbonyl (C=O) groups excluding carboxylic acids is 1. The summed E-state index contributed by atoms with van der Waals surface area (Å²) in [5, 5.41) is 7.11. The van der Waals surface area contributed by atoms with Crippen LogP contribution in [0, 0.1) is 34.6 Å². The smallest absolute Gasteiger partial charge is 0.280 e. The van der Waals surface area contributed by atoms with Crippen LogP contribution in [0.1, 0.15) is 100.0 Å². The van der Waals surface area contributed by atoms with E-state index in [4.69, 9.17) is 14.5 Å². The van der Waals surface area contributed by atoms with E-state index in [1.165, 1.54) is 39.4 Å². The summed E-state index contributed by atoms with van der Waals surface area (Å²) in [7, 11) is 0. The van der Waals surface area contributed by atoms with Crippen molar-refractivity contribution in [2.75, 3.05) is 13.1 Å². The predicted octanol–water partition coefficient (Wildman–Crippen LogP) is 6.53. The van der Waals surface area contributed by atoms with Gasteiger partial charge in [-0.05, 0) is 93.8 Å². The Bertz CT molecular complexity index is 1380. The van der Waals surface area contributed by atoms with Crippen LogP contribution in [0.5, 0.6) is 0 Å².